The maximum Gasteiger partial charge on any atom is 0.134 e. The Morgan fingerprint density at radius 2 is 2.18 bits per heavy atom. The SMILES string of the molecule is Cc1cnc(Cl)cc1Oc1cccc(CO)c1. The minimum absolute atomic E-state index is 0.00666. The van der Waals surface area contributed by atoms with Crippen LogP contribution in [-0.2, 0) is 6.61 Å². The largest absolute Gasteiger partial charge is 0.457 e. The Morgan fingerprint density at radius 1 is 1.35 bits per heavy atom. The summed E-state index contributed by atoms with van der Waals surface area (Å²) < 4.78 is 5.70. The van der Waals surface area contributed by atoms with Gasteiger partial charge < -0.3 is 9.84 Å². The molecule has 0 unspecified atom stereocenters. The van der Waals surface area contributed by atoms with Gasteiger partial charge in [-0.3, -0.25) is 0 Å². The molecule has 0 bridgehead atoms. The summed E-state index contributed by atoms with van der Waals surface area (Å²) in [6.45, 7) is 1.89. The van der Waals surface area contributed by atoms with Gasteiger partial charge in [0.05, 0.1) is 6.61 Å². The molecule has 0 saturated carbocycles. The van der Waals surface area contributed by atoms with Gasteiger partial charge >= 0.3 is 0 Å². The van der Waals surface area contributed by atoms with Crippen LogP contribution in [0.5, 0.6) is 11.5 Å². The first kappa shape index (κ1) is 11.9. The molecule has 17 heavy (non-hydrogen) atoms. The van der Waals surface area contributed by atoms with E-state index in [1.54, 1.807) is 18.3 Å². The smallest absolute Gasteiger partial charge is 0.134 e. The summed E-state index contributed by atoms with van der Waals surface area (Å²) in [6, 6.07) is 8.95. The van der Waals surface area contributed by atoms with E-state index in [0.29, 0.717) is 16.7 Å². The van der Waals surface area contributed by atoms with Crippen LogP contribution >= 0.6 is 11.6 Å². The molecule has 0 saturated heterocycles. The normalized spacial score (nSPS) is 10.3. The number of aryl methyl sites for hydroxylation is 1. The highest BCUT2D eigenvalue weighted by Crippen LogP contribution is 2.27. The van der Waals surface area contributed by atoms with Gasteiger partial charge in [0.25, 0.3) is 0 Å². The number of aliphatic hydroxyl groups excluding tert-OH is 1. The van der Waals surface area contributed by atoms with Crippen LogP contribution in [-0.4, -0.2) is 10.1 Å². The molecule has 0 amide bonds. The minimum atomic E-state index is -0.00666. The second kappa shape index (κ2) is 5.17. The molecular formula is C13H12ClNO2. The predicted octanol–water partition coefficient (Wildman–Crippen LogP) is 3.33. The number of nitrogens with zero attached hydrogens (tertiary/aromatic N) is 1. The van der Waals surface area contributed by atoms with Gasteiger partial charge in [-0.15, -0.1) is 0 Å². The van der Waals surface area contributed by atoms with Crippen LogP contribution in [0.25, 0.3) is 0 Å². The van der Waals surface area contributed by atoms with E-state index in [4.69, 9.17) is 21.4 Å². The van der Waals surface area contributed by atoms with E-state index >= 15 is 0 Å². The van der Waals surface area contributed by atoms with E-state index in [0.717, 1.165) is 11.1 Å². The molecule has 1 heterocycles. The number of hydrogen-bond acceptors (Lipinski definition) is 3. The zero-order valence-corrected chi connectivity index (χ0v) is 10.1. The van der Waals surface area contributed by atoms with Crippen LogP contribution in [0.1, 0.15) is 11.1 Å². The Balaban J connectivity index is 2.27. The lowest BCUT2D eigenvalue weighted by Crippen LogP contribution is -1.90. The average molecular weight is 250 g/mol. The number of hydrogen-bond donors (Lipinski definition) is 1. The Bertz CT molecular complexity index is 529. The summed E-state index contributed by atoms with van der Waals surface area (Å²) in [5.41, 5.74) is 1.71. The Morgan fingerprint density at radius 3 is 2.94 bits per heavy atom. The fraction of sp³-hybridized carbons (Fsp3) is 0.154. The summed E-state index contributed by atoms with van der Waals surface area (Å²) in [7, 11) is 0. The molecule has 0 aliphatic heterocycles. The molecule has 0 atom stereocenters. The zero-order chi connectivity index (χ0) is 12.3. The zero-order valence-electron chi connectivity index (χ0n) is 9.35. The maximum atomic E-state index is 9.04. The molecule has 1 aromatic carbocycles. The van der Waals surface area contributed by atoms with Crippen LogP contribution in [0.3, 0.4) is 0 Å². The summed E-state index contributed by atoms with van der Waals surface area (Å²) in [4.78, 5) is 3.96. The molecule has 0 aliphatic rings. The van der Waals surface area contributed by atoms with Crippen molar-refractivity contribution in [2.24, 2.45) is 0 Å². The van der Waals surface area contributed by atoms with Gasteiger partial charge in [0.15, 0.2) is 0 Å². The van der Waals surface area contributed by atoms with Crippen LogP contribution in [0.4, 0.5) is 0 Å². The monoisotopic (exact) mass is 249 g/mol. The first-order chi connectivity index (χ1) is 8.19. The van der Waals surface area contributed by atoms with Crippen molar-refractivity contribution < 1.29 is 9.84 Å². The van der Waals surface area contributed by atoms with Gasteiger partial charge in [-0.25, -0.2) is 4.98 Å². The molecule has 1 N–H and O–H groups in total. The van der Waals surface area contributed by atoms with Crippen molar-refractivity contribution in [3.05, 3.63) is 52.8 Å². The lowest BCUT2D eigenvalue weighted by Gasteiger charge is -2.09. The quantitative estimate of drug-likeness (QED) is 0.849. The molecule has 0 fully saturated rings. The summed E-state index contributed by atoms with van der Waals surface area (Å²) in [6.07, 6.45) is 1.66. The lowest BCUT2D eigenvalue weighted by molar-refractivity contribution is 0.281. The van der Waals surface area contributed by atoms with E-state index < -0.39 is 0 Å². The first-order valence-corrected chi connectivity index (χ1v) is 5.56. The van der Waals surface area contributed by atoms with Gasteiger partial charge in [-0.1, -0.05) is 23.7 Å². The minimum Gasteiger partial charge on any atom is -0.457 e. The molecule has 0 radical (unpaired) electrons. The van der Waals surface area contributed by atoms with E-state index in [1.165, 1.54) is 0 Å². The van der Waals surface area contributed by atoms with Crippen molar-refractivity contribution in [2.45, 2.75) is 13.5 Å². The second-order valence-electron chi connectivity index (χ2n) is 3.68. The van der Waals surface area contributed by atoms with Gasteiger partial charge in [0, 0.05) is 17.8 Å². The molecule has 2 aromatic rings. The van der Waals surface area contributed by atoms with Crippen molar-refractivity contribution in [1.29, 1.82) is 0 Å². The summed E-state index contributed by atoms with van der Waals surface area (Å²) >= 11 is 5.81. The number of aliphatic hydroxyl groups is 1. The van der Waals surface area contributed by atoms with Gasteiger partial charge in [0.2, 0.25) is 0 Å². The second-order valence-corrected chi connectivity index (χ2v) is 4.07. The molecule has 1 aromatic heterocycles. The number of ether oxygens (including phenoxy) is 1. The summed E-state index contributed by atoms with van der Waals surface area (Å²) in [5.74, 6) is 1.34. The topological polar surface area (TPSA) is 42.4 Å². The highest BCUT2D eigenvalue weighted by Gasteiger charge is 2.04. The van der Waals surface area contributed by atoms with Crippen LogP contribution in [0, 0.1) is 6.92 Å². The third-order valence-electron chi connectivity index (χ3n) is 2.33. The van der Waals surface area contributed by atoms with E-state index in [1.807, 2.05) is 25.1 Å². The number of rotatable bonds is 3. The fourth-order valence-electron chi connectivity index (χ4n) is 1.43. The van der Waals surface area contributed by atoms with Crippen LogP contribution in [0.2, 0.25) is 5.15 Å². The van der Waals surface area contributed by atoms with Gasteiger partial charge in [-0.05, 0) is 24.6 Å². The van der Waals surface area contributed by atoms with E-state index in [2.05, 4.69) is 4.98 Å². The molecular weight excluding hydrogens is 238 g/mol. The van der Waals surface area contributed by atoms with Crippen molar-refractivity contribution in [2.75, 3.05) is 0 Å². The standard InChI is InChI=1S/C13H12ClNO2/c1-9-7-15-13(14)6-12(9)17-11-4-2-3-10(5-11)8-16/h2-7,16H,8H2,1H3. The summed E-state index contributed by atoms with van der Waals surface area (Å²) in [5, 5.41) is 9.43. The fourth-order valence-corrected chi connectivity index (χ4v) is 1.57. The predicted molar refractivity (Wildman–Crippen MR) is 66.4 cm³/mol. The Hall–Kier alpha value is -1.58. The molecule has 88 valence electrons. The van der Waals surface area contributed by atoms with Crippen molar-refractivity contribution in [3.63, 3.8) is 0 Å². The number of halogens is 1. The van der Waals surface area contributed by atoms with Gasteiger partial charge in [-0.2, -0.15) is 0 Å². The third kappa shape index (κ3) is 2.96. The Kier molecular flexibility index (Phi) is 3.61. The van der Waals surface area contributed by atoms with Crippen molar-refractivity contribution in [3.8, 4) is 11.5 Å². The Labute approximate surface area is 105 Å². The average Bonchev–Trinajstić information content (AvgIpc) is 2.34. The first-order valence-electron chi connectivity index (χ1n) is 5.19. The number of pyridine rings is 1. The highest BCUT2D eigenvalue weighted by molar-refractivity contribution is 6.29. The van der Waals surface area contributed by atoms with Crippen molar-refractivity contribution >= 4 is 11.6 Å². The lowest BCUT2D eigenvalue weighted by atomic mass is 10.2. The third-order valence-corrected chi connectivity index (χ3v) is 2.54. The molecule has 0 aliphatic carbocycles. The highest BCUT2D eigenvalue weighted by atomic mass is 35.5. The maximum absolute atomic E-state index is 9.04. The van der Waals surface area contributed by atoms with Crippen molar-refractivity contribution in [1.82, 2.24) is 4.98 Å². The van der Waals surface area contributed by atoms with E-state index in [-0.39, 0.29) is 6.61 Å². The van der Waals surface area contributed by atoms with E-state index in [9.17, 15) is 0 Å². The van der Waals surface area contributed by atoms with Crippen LogP contribution < -0.4 is 4.74 Å². The van der Waals surface area contributed by atoms with Crippen LogP contribution in [0.15, 0.2) is 36.5 Å². The molecule has 4 heteroatoms. The molecule has 2 rings (SSSR count). The molecule has 0 spiro atoms. The van der Waals surface area contributed by atoms with Gasteiger partial charge in [0.1, 0.15) is 16.7 Å². The molecule has 3 nitrogen and oxygen atoms in total. The number of aromatic nitrogens is 1. The number of benzene rings is 1.